The van der Waals surface area contributed by atoms with Gasteiger partial charge >= 0.3 is 0 Å². The van der Waals surface area contributed by atoms with E-state index in [9.17, 15) is 0 Å². The number of ether oxygens (including phenoxy) is 1. The molecule has 0 aromatic heterocycles. The van der Waals surface area contributed by atoms with Crippen molar-refractivity contribution >= 4 is 33.2 Å². The van der Waals surface area contributed by atoms with Crippen molar-refractivity contribution in [1.82, 2.24) is 0 Å². The van der Waals surface area contributed by atoms with Crippen LogP contribution in [0.2, 0.25) is 5.02 Å². The molecule has 1 aromatic carbocycles. The highest BCUT2D eigenvalue weighted by Gasteiger charge is 2.21. The summed E-state index contributed by atoms with van der Waals surface area (Å²) >= 11 is 9.85. The second-order valence-electron chi connectivity index (χ2n) is 4.34. The van der Waals surface area contributed by atoms with Crippen LogP contribution in [0.15, 0.2) is 18.2 Å². The van der Waals surface area contributed by atoms with E-state index >= 15 is 0 Å². The van der Waals surface area contributed by atoms with Gasteiger partial charge in [-0.3, -0.25) is 0 Å². The lowest BCUT2D eigenvalue weighted by molar-refractivity contribution is 0.0855. The van der Waals surface area contributed by atoms with Crippen molar-refractivity contribution in [1.29, 1.82) is 0 Å². The average molecular weight is 319 g/mol. The molecular weight excluding hydrogens is 302 g/mol. The van der Waals surface area contributed by atoms with Crippen molar-refractivity contribution in [3.8, 4) is 0 Å². The van der Waals surface area contributed by atoms with Crippen molar-refractivity contribution in [2.24, 2.45) is 0 Å². The first kappa shape index (κ1) is 13.2. The molecule has 1 heterocycles. The third-order valence-electron chi connectivity index (χ3n) is 3.31. The Balaban J connectivity index is 2.25. The van der Waals surface area contributed by atoms with Gasteiger partial charge in [-0.15, -0.1) is 0 Å². The van der Waals surface area contributed by atoms with Crippen LogP contribution in [0.3, 0.4) is 0 Å². The Bertz CT molecular complexity index is 380. The lowest BCUT2D eigenvalue weighted by Gasteiger charge is -2.34. The molecule has 1 fully saturated rings. The molecule has 17 heavy (non-hydrogen) atoms. The molecular formula is C13H17BrClNO. The summed E-state index contributed by atoms with van der Waals surface area (Å²) in [4.78, 5) is 2.31. The van der Waals surface area contributed by atoms with E-state index in [0.29, 0.717) is 6.04 Å². The fraction of sp³-hybridized carbons (Fsp3) is 0.538. The molecule has 0 saturated carbocycles. The summed E-state index contributed by atoms with van der Waals surface area (Å²) in [6.45, 7) is 1.70. The third-order valence-corrected chi connectivity index (χ3v) is 4.21. The summed E-state index contributed by atoms with van der Waals surface area (Å²) in [6, 6.07) is 6.60. The summed E-state index contributed by atoms with van der Waals surface area (Å²) in [5.41, 5.74) is 2.39. The maximum Gasteiger partial charge on any atom is 0.0642 e. The van der Waals surface area contributed by atoms with Crippen LogP contribution in [0, 0.1) is 0 Å². The number of para-hydroxylation sites is 1. The van der Waals surface area contributed by atoms with E-state index in [2.05, 4.69) is 33.9 Å². The van der Waals surface area contributed by atoms with Gasteiger partial charge in [-0.1, -0.05) is 39.7 Å². The number of anilines is 1. The minimum absolute atomic E-state index is 0.529. The van der Waals surface area contributed by atoms with Gasteiger partial charge in [0.15, 0.2) is 0 Å². The second-order valence-corrected chi connectivity index (χ2v) is 5.30. The fourth-order valence-corrected chi connectivity index (χ4v) is 3.10. The number of alkyl halides is 1. The molecule has 4 heteroatoms. The molecule has 1 saturated heterocycles. The zero-order valence-corrected chi connectivity index (χ0v) is 12.3. The zero-order chi connectivity index (χ0) is 12.3. The van der Waals surface area contributed by atoms with Crippen LogP contribution in [0.4, 0.5) is 5.69 Å². The summed E-state index contributed by atoms with van der Waals surface area (Å²) in [6.07, 6.45) is 2.15. The number of halogens is 2. The molecule has 1 aliphatic heterocycles. The smallest absolute Gasteiger partial charge is 0.0642 e. The van der Waals surface area contributed by atoms with Crippen molar-refractivity contribution < 1.29 is 4.74 Å². The van der Waals surface area contributed by atoms with Gasteiger partial charge in [0.05, 0.1) is 10.7 Å². The van der Waals surface area contributed by atoms with Crippen LogP contribution in [0.25, 0.3) is 0 Å². The molecule has 0 N–H and O–H groups in total. The Morgan fingerprint density at radius 2 is 2.12 bits per heavy atom. The zero-order valence-electron chi connectivity index (χ0n) is 9.96. The molecule has 1 aromatic rings. The molecule has 0 unspecified atom stereocenters. The van der Waals surface area contributed by atoms with Crippen LogP contribution in [-0.4, -0.2) is 26.3 Å². The summed E-state index contributed by atoms with van der Waals surface area (Å²) in [5, 5.41) is 1.66. The monoisotopic (exact) mass is 317 g/mol. The fourth-order valence-electron chi connectivity index (χ4n) is 2.32. The predicted molar refractivity (Wildman–Crippen MR) is 76.3 cm³/mol. The van der Waals surface area contributed by atoms with Gasteiger partial charge in [0.25, 0.3) is 0 Å². The molecule has 0 atom stereocenters. The summed E-state index contributed by atoms with van der Waals surface area (Å²) in [7, 11) is 2.13. The topological polar surface area (TPSA) is 12.5 Å². The van der Waals surface area contributed by atoms with E-state index in [0.717, 1.165) is 42.1 Å². The summed E-state index contributed by atoms with van der Waals surface area (Å²) < 4.78 is 5.40. The molecule has 0 spiro atoms. The molecule has 2 nitrogen and oxygen atoms in total. The first-order valence-electron chi connectivity index (χ1n) is 5.88. The average Bonchev–Trinajstić information content (AvgIpc) is 2.38. The van der Waals surface area contributed by atoms with Crippen LogP contribution >= 0.6 is 27.5 Å². The van der Waals surface area contributed by atoms with Gasteiger partial charge in [-0.25, -0.2) is 0 Å². The highest BCUT2D eigenvalue weighted by Crippen LogP contribution is 2.33. The third kappa shape index (κ3) is 2.95. The van der Waals surface area contributed by atoms with Gasteiger partial charge in [0.2, 0.25) is 0 Å². The highest BCUT2D eigenvalue weighted by atomic mass is 79.9. The van der Waals surface area contributed by atoms with Crippen molar-refractivity contribution in [3.05, 3.63) is 28.8 Å². The van der Waals surface area contributed by atoms with Crippen LogP contribution < -0.4 is 4.90 Å². The standard InChI is InChI=1S/C13H17BrClNO/c1-16(11-5-7-17-8-6-11)13-10(9-14)3-2-4-12(13)15/h2-4,11H,5-9H2,1H3. The quantitative estimate of drug-likeness (QED) is 0.785. The molecule has 0 amide bonds. The van der Waals surface area contributed by atoms with Crippen LogP contribution in [0.5, 0.6) is 0 Å². The Labute approximate surface area is 116 Å². The molecule has 0 bridgehead atoms. The van der Waals surface area contributed by atoms with Crippen molar-refractivity contribution in [2.45, 2.75) is 24.2 Å². The van der Waals surface area contributed by atoms with E-state index in [1.54, 1.807) is 0 Å². The summed E-state index contributed by atoms with van der Waals surface area (Å²) in [5.74, 6) is 0. The Morgan fingerprint density at radius 3 is 2.76 bits per heavy atom. The van der Waals surface area contributed by atoms with Crippen LogP contribution in [0.1, 0.15) is 18.4 Å². The minimum atomic E-state index is 0.529. The number of benzene rings is 1. The first-order chi connectivity index (χ1) is 8.24. The lowest BCUT2D eigenvalue weighted by Crippen LogP contribution is -2.37. The molecule has 1 aliphatic rings. The largest absolute Gasteiger partial charge is 0.381 e. The molecule has 2 rings (SSSR count). The van der Waals surface area contributed by atoms with Gasteiger partial charge in [0, 0.05) is 31.6 Å². The van der Waals surface area contributed by atoms with E-state index in [4.69, 9.17) is 16.3 Å². The van der Waals surface area contributed by atoms with E-state index < -0.39 is 0 Å². The predicted octanol–water partition coefficient (Wildman–Crippen LogP) is 3.85. The molecule has 0 radical (unpaired) electrons. The maximum atomic E-state index is 6.33. The Morgan fingerprint density at radius 1 is 1.41 bits per heavy atom. The Kier molecular flexibility index (Phi) is 4.71. The number of hydrogen-bond donors (Lipinski definition) is 0. The Hall–Kier alpha value is -0.250. The van der Waals surface area contributed by atoms with Gasteiger partial charge in [0.1, 0.15) is 0 Å². The molecule has 94 valence electrons. The van der Waals surface area contributed by atoms with E-state index in [1.807, 2.05) is 12.1 Å². The van der Waals surface area contributed by atoms with E-state index in [1.165, 1.54) is 5.56 Å². The van der Waals surface area contributed by atoms with Crippen molar-refractivity contribution in [3.63, 3.8) is 0 Å². The van der Waals surface area contributed by atoms with Crippen LogP contribution in [-0.2, 0) is 10.1 Å². The van der Waals surface area contributed by atoms with Gasteiger partial charge in [-0.2, -0.15) is 0 Å². The number of nitrogens with zero attached hydrogens (tertiary/aromatic N) is 1. The SMILES string of the molecule is CN(c1c(Cl)cccc1CBr)C1CCOCC1. The number of hydrogen-bond acceptors (Lipinski definition) is 2. The number of rotatable bonds is 3. The van der Waals surface area contributed by atoms with Gasteiger partial charge in [-0.05, 0) is 24.5 Å². The molecule has 0 aliphatic carbocycles. The second kappa shape index (κ2) is 6.07. The lowest BCUT2D eigenvalue weighted by atomic mass is 10.1. The van der Waals surface area contributed by atoms with Crippen molar-refractivity contribution in [2.75, 3.05) is 25.2 Å². The first-order valence-corrected chi connectivity index (χ1v) is 7.38. The highest BCUT2D eigenvalue weighted by molar-refractivity contribution is 9.08. The van der Waals surface area contributed by atoms with E-state index in [-0.39, 0.29) is 0 Å². The minimum Gasteiger partial charge on any atom is -0.381 e. The van der Waals surface area contributed by atoms with Gasteiger partial charge < -0.3 is 9.64 Å². The normalized spacial score (nSPS) is 17.1. The maximum absolute atomic E-state index is 6.33.